The molecule has 0 amide bonds. The van der Waals surface area contributed by atoms with Crippen molar-refractivity contribution < 1.29 is 14.3 Å². The lowest BCUT2D eigenvalue weighted by Crippen LogP contribution is -2.09. The van der Waals surface area contributed by atoms with E-state index in [1.165, 1.54) is 0 Å². The maximum absolute atomic E-state index is 10.8. The average molecular weight is 219 g/mol. The molecule has 2 aromatic rings. The van der Waals surface area contributed by atoms with Crippen molar-refractivity contribution in [1.82, 2.24) is 4.90 Å². The predicted molar refractivity (Wildman–Crippen MR) is 60.6 cm³/mol. The normalized spacial score (nSPS) is 11.2. The number of hydrogen-bond donors (Lipinski definition) is 1. The van der Waals surface area contributed by atoms with Crippen LogP contribution < -0.4 is 0 Å². The zero-order valence-corrected chi connectivity index (χ0v) is 9.23. The predicted octanol–water partition coefficient (Wildman–Crippen LogP) is 2.19. The number of furan rings is 1. The Bertz CT molecular complexity index is 528. The first-order valence-corrected chi connectivity index (χ1v) is 4.97. The van der Waals surface area contributed by atoms with Gasteiger partial charge in [-0.3, -0.25) is 0 Å². The maximum atomic E-state index is 10.8. The van der Waals surface area contributed by atoms with E-state index in [9.17, 15) is 4.79 Å². The van der Waals surface area contributed by atoms with Crippen molar-refractivity contribution in [3.05, 3.63) is 35.6 Å². The number of nitrogens with zero attached hydrogens (tertiary/aromatic N) is 1. The Labute approximate surface area is 93.1 Å². The van der Waals surface area contributed by atoms with Crippen LogP contribution in [0.1, 0.15) is 16.1 Å². The zero-order chi connectivity index (χ0) is 11.7. The van der Waals surface area contributed by atoms with E-state index >= 15 is 0 Å². The van der Waals surface area contributed by atoms with Gasteiger partial charge in [0, 0.05) is 5.39 Å². The molecule has 0 radical (unpaired) electrons. The summed E-state index contributed by atoms with van der Waals surface area (Å²) in [5, 5.41) is 9.78. The molecule has 4 heteroatoms. The number of carbonyl (C=O) groups is 1. The quantitative estimate of drug-likeness (QED) is 0.859. The number of hydrogen-bond acceptors (Lipinski definition) is 3. The van der Waals surface area contributed by atoms with Crippen LogP contribution in [-0.4, -0.2) is 30.1 Å². The molecule has 0 saturated heterocycles. The number of carboxylic acid groups (broad SMARTS) is 1. The molecule has 0 aliphatic rings. The fraction of sp³-hybridized carbons (Fsp3) is 0.250. The summed E-state index contributed by atoms with van der Waals surface area (Å²) in [7, 11) is 3.91. The van der Waals surface area contributed by atoms with E-state index in [2.05, 4.69) is 0 Å². The van der Waals surface area contributed by atoms with Gasteiger partial charge >= 0.3 is 5.97 Å². The standard InChI is InChI=1S/C12H13NO3/c1-13(2)7-10-5-8-3-4-9(12(14)15)6-11(8)16-10/h3-6H,7H2,1-2H3,(H,14,15). The fourth-order valence-corrected chi connectivity index (χ4v) is 1.61. The Morgan fingerprint density at radius 1 is 1.38 bits per heavy atom. The Morgan fingerprint density at radius 3 is 2.75 bits per heavy atom. The van der Waals surface area contributed by atoms with E-state index < -0.39 is 5.97 Å². The van der Waals surface area contributed by atoms with Gasteiger partial charge in [0.2, 0.25) is 0 Å². The molecule has 1 heterocycles. The van der Waals surface area contributed by atoms with Gasteiger partial charge in [0.05, 0.1) is 12.1 Å². The highest BCUT2D eigenvalue weighted by molar-refractivity contribution is 5.92. The Morgan fingerprint density at radius 2 is 2.12 bits per heavy atom. The first-order chi connectivity index (χ1) is 7.56. The molecule has 1 aromatic carbocycles. The summed E-state index contributed by atoms with van der Waals surface area (Å²) >= 11 is 0. The molecule has 0 saturated carbocycles. The van der Waals surface area contributed by atoms with E-state index in [0.717, 1.165) is 11.1 Å². The maximum Gasteiger partial charge on any atom is 0.335 e. The lowest BCUT2D eigenvalue weighted by molar-refractivity contribution is 0.0697. The minimum absolute atomic E-state index is 0.248. The van der Waals surface area contributed by atoms with Gasteiger partial charge in [-0.25, -0.2) is 4.79 Å². The molecule has 0 aliphatic carbocycles. The molecule has 0 atom stereocenters. The third-order valence-electron chi connectivity index (χ3n) is 2.29. The van der Waals surface area contributed by atoms with Crippen molar-refractivity contribution in [2.75, 3.05) is 14.1 Å². The molecular weight excluding hydrogens is 206 g/mol. The van der Waals surface area contributed by atoms with Crippen LogP contribution in [-0.2, 0) is 6.54 Å². The monoisotopic (exact) mass is 219 g/mol. The van der Waals surface area contributed by atoms with Crippen molar-refractivity contribution in [2.24, 2.45) is 0 Å². The van der Waals surface area contributed by atoms with Crippen LogP contribution in [0.5, 0.6) is 0 Å². The molecule has 2 rings (SSSR count). The number of fused-ring (bicyclic) bond motifs is 1. The first kappa shape index (κ1) is 10.7. The van der Waals surface area contributed by atoms with Crippen LogP contribution in [0.15, 0.2) is 28.7 Å². The summed E-state index contributed by atoms with van der Waals surface area (Å²) < 4.78 is 5.56. The summed E-state index contributed by atoms with van der Waals surface area (Å²) in [5.74, 6) is -0.102. The molecule has 0 spiro atoms. The second-order valence-electron chi connectivity index (χ2n) is 4.01. The third-order valence-corrected chi connectivity index (χ3v) is 2.29. The lowest BCUT2D eigenvalue weighted by atomic mass is 10.2. The Kier molecular flexibility index (Phi) is 2.66. The SMILES string of the molecule is CN(C)Cc1cc2ccc(C(=O)O)cc2o1. The van der Waals surface area contributed by atoms with Gasteiger partial charge in [-0.2, -0.15) is 0 Å². The smallest absolute Gasteiger partial charge is 0.335 e. The highest BCUT2D eigenvalue weighted by atomic mass is 16.4. The highest BCUT2D eigenvalue weighted by Gasteiger charge is 2.08. The molecule has 0 fully saturated rings. The highest BCUT2D eigenvalue weighted by Crippen LogP contribution is 2.21. The summed E-state index contributed by atoms with van der Waals surface area (Å²) in [6.07, 6.45) is 0. The van der Waals surface area contributed by atoms with E-state index in [1.54, 1.807) is 18.2 Å². The summed E-state index contributed by atoms with van der Waals surface area (Å²) in [6.45, 7) is 0.705. The Hall–Kier alpha value is -1.81. The molecular formula is C12H13NO3. The van der Waals surface area contributed by atoms with E-state index in [1.807, 2.05) is 25.1 Å². The van der Waals surface area contributed by atoms with Gasteiger partial charge in [0.1, 0.15) is 11.3 Å². The van der Waals surface area contributed by atoms with Crippen molar-refractivity contribution in [3.8, 4) is 0 Å². The summed E-state index contributed by atoms with van der Waals surface area (Å²) in [4.78, 5) is 12.8. The van der Waals surface area contributed by atoms with Gasteiger partial charge in [-0.1, -0.05) is 6.07 Å². The molecule has 0 bridgehead atoms. The topological polar surface area (TPSA) is 53.7 Å². The van der Waals surface area contributed by atoms with Crippen LogP contribution in [0.25, 0.3) is 11.0 Å². The van der Waals surface area contributed by atoms with Gasteiger partial charge in [0.25, 0.3) is 0 Å². The van der Waals surface area contributed by atoms with Crippen molar-refractivity contribution in [3.63, 3.8) is 0 Å². The van der Waals surface area contributed by atoms with Crippen molar-refractivity contribution >= 4 is 16.9 Å². The molecule has 16 heavy (non-hydrogen) atoms. The van der Waals surface area contributed by atoms with Gasteiger partial charge in [-0.15, -0.1) is 0 Å². The number of aromatic carboxylic acids is 1. The van der Waals surface area contributed by atoms with Crippen molar-refractivity contribution in [1.29, 1.82) is 0 Å². The molecule has 0 unspecified atom stereocenters. The number of benzene rings is 1. The van der Waals surface area contributed by atoms with Crippen molar-refractivity contribution in [2.45, 2.75) is 6.54 Å². The molecule has 84 valence electrons. The van der Waals surface area contributed by atoms with E-state index in [0.29, 0.717) is 12.1 Å². The third kappa shape index (κ3) is 2.06. The van der Waals surface area contributed by atoms with Crippen LogP contribution in [0.4, 0.5) is 0 Å². The zero-order valence-electron chi connectivity index (χ0n) is 9.23. The lowest BCUT2D eigenvalue weighted by Gasteiger charge is -2.04. The van der Waals surface area contributed by atoms with Gasteiger partial charge in [0.15, 0.2) is 0 Å². The number of rotatable bonds is 3. The molecule has 4 nitrogen and oxygen atoms in total. The minimum atomic E-state index is -0.938. The second-order valence-corrected chi connectivity index (χ2v) is 4.01. The molecule has 1 aromatic heterocycles. The van der Waals surface area contributed by atoms with Gasteiger partial charge in [-0.05, 0) is 32.3 Å². The van der Waals surface area contributed by atoms with Crippen LogP contribution >= 0.6 is 0 Å². The van der Waals surface area contributed by atoms with E-state index in [-0.39, 0.29) is 5.56 Å². The average Bonchev–Trinajstić information content (AvgIpc) is 2.56. The second kappa shape index (κ2) is 3.98. The van der Waals surface area contributed by atoms with Crippen LogP contribution in [0.3, 0.4) is 0 Å². The first-order valence-electron chi connectivity index (χ1n) is 4.97. The van der Waals surface area contributed by atoms with Crippen LogP contribution in [0.2, 0.25) is 0 Å². The van der Waals surface area contributed by atoms with Crippen LogP contribution in [0, 0.1) is 0 Å². The fourth-order valence-electron chi connectivity index (χ4n) is 1.61. The molecule has 0 aliphatic heterocycles. The summed E-state index contributed by atoms with van der Waals surface area (Å²) in [5.41, 5.74) is 0.870. The molecule has 1 N–H and O–H groups in total. The largest absolute Gasteiger partial charge is 0.478 e. The number of carboxylic acids is 1. The summed E-state index contributed by atoms with van der Waals surface area (Å²) in [6, 6.07) is 6.83. The van der Waals surface area contributed by atoms with E-state index in [4.69, 9.17) is 9.52 Å². The Balaban J connectivity index is 2.42. The minimum Gasteiger partial charge on any atom is -0.478 e. The van der Waals surface area contributed by atoms with Gasteiger partial charge < -0.3 is 14.4 Å².